The van der Waals surface area contributed by atoms with Gasteiger partial charge in [0.25, 0.3) is 0 Å². The Morgan fingerprint density at radius 2 is 2.22 bits per heavy atom. The molecule has 7 nitrogen and oxygen atoms in total. The van der Waals surface area contributed by atoms with Crippen molar-refractivity contribution in [3.05, 3.63) is 22.0 Å². The molecule has 0 spiro atoms. The number of hydrogen-bond acceptors (Lipinski definition) is 5. The number of ether oxygens (including phenoxy) is 1. The van der Waals surface area contributed by atoms with Crippen LogP contribution in [-0.2, 0) is 18.1 Å². The molecule has 0 saturated heterocycles. The maximum Gasteiger partial charge on any atom is 0.312 e. The minimum absolute atomic E-state index is 0.0637. The summed E-state index contributed by atoms with van der Waals surface area (Å²) in [5.74, 6) is 0. The lowest BCUT2D eigenvalue weighted by molar-refractivity contribution is -0.386. The summed E-state index contributed by atoms with van der Waals surface area (Å²) in [4.78, 5) is 10.1. The topological polar surface area (TPSA) is 90.4 Å². The minimum atomic E-state index is -1.13. The van der Waals surface area contributed by atoms with E-state index in [1.54, 1.807) is 0 Å². The first-order chi connectivity index (χ1) is 8.33. The highest BCUT2D eigenvalue weighted by Gasteiger charge is 2.18. The maximum atomic E-state index is 10.7. The Morgan fingerprint density at radius 3 is 2.67 bits per heavy atom. The molecule has 1 aromatic rings. The largest absolute Gasteiger partial charge is 0.390 e. The fourth-order valence-corrected chi connectivity index (χ4v) is 2.08. The quantitative estimate of drug-likeness (QED) is 0.352. The predicted molar refractivity (Wildman–Crippen MR) is 68.9 cm³/mol. The lowest BCUT2D eigenvalue weighted by Crippen LogP contribution is -2.22. The van der Waals surface area contributed by atoms with Gasteiger partial charge in [-0.25, -0.2) is 4.68 Å². The van der Waals surface area contributed by atoms with Crippen LogP contribution in [0.15, 0.2) is 6.20 Å². The van der Waals surface area contributed by atoms with E-state index in [1.165, 1.54) is 10.9 Å². The van der Waals surface area contributed by atoms with Gasteiger partial charge in [-0.2, -0.15) is 5.10 Å². The van der Waals surface area contributed by atoms with E-state index in [2.05, 4.69) is 24.7 Å². The van der Waals surface area contributed by atoms with Crippen molar-refractivity contribution in [2.75, 3.05) is 6.61 Å². The van der Waals surface area contributed by atoms with Crippen molar-refractivity contribution in [3.8, 4) is 0 Å². The van der Waals surface area contributed by atoms with Gasteiger partial charge < -0.3 is 9.84 Å². The van der Waals surface area contributed by atoms with Crippen molar-refractivity contribution in [1.82, 2.24) is 9.78 Å². The van der Waals surface area contributed by atoms with E-state index in [9.17, 15) is 10.1 Å². The van der Waals surface area contributed by atoms with Gasteiger partial charge in [-0.3, -0.25) is 10.1 Å². The molecule has 0 fully saturated rings. The molecular weight excluding hydrogens is 254 g/mol. The zero-order chi connectivity index (χ0) is 13.8. The molecule has 1 aromatic heterocycles. The van der Waals surface area contributed by atoms with Gasteiger partial charge >= 0.3 is 5.69 Å². The van der Waals surface area contributed by atoms with Crippen molar-refractivity contribution in [2.45, 2.75) is 39.0 Å². The first kappa shape index (κ1) is 14.8. The van der Waals surface area contributed by atoms with Gasteiger partial charge in [0, 0.05) is 14.7 Å². The van der Waals surface area contributed by atoms with E-state index in [0.717, 1.165) is 6.04 Å². The highest BCUT2D eigenvalue weighted by Crippen LogP contribution is 2.16. The van der Waals surface area contributed by atoms with E-state index in [1.807, 2.05) is 0 Å². The summed E-state index contributed by atoms with van der Waals surface area (Å²) in [6, 6.07) is 1.03. The second-order valence-corrected chi connectivity index (χ2v) is 10.9. The lowest BCUT2D eigenvalue weighted by Gasteiger charge is -2.15. The third-order valence-corrected chi connectivity index (χ3v) is 4.09. The minimum Gasteiger partial charge on any atom is -0.390 e. The van der Waals surface area contributed by atoms with Gasteiger partial charge in [0.2, 0.25) is 0 Å². The molecule has 8 heteroatoms. The number of hydrogen-bond donors (Lipinski definition) is 1. The molecule has 0 bridgehead atoms. The van der Waals surface area contributed by atoms with Crippen LogP contribution in [0.1, 0.15) is 5.69 Å². The van der Waals surface area contributed by atoms with Gasteiger partial charge in [0.1, 0.15) is 12.9 Å². The molecule has 0 radical (unpaired) electrons. The van der Waals surface area contributed by atoms with Gasteiger partial charge in [0.15, 0.2) is 5.69 Å². The zero-order valence-electron chi connectivity index (χ0n) is 10.9. The van der Waals surface area contributed by atoms with Crippen molar-refractivity contribution >= 4 is 13.8 Å². The molecule has 1 heterocycles. The van der Waals surface area contributed by atoms with Crippen LogP contribution in [0, 0.1) is 10.1 Å². The van der Waals surface area contributed by atoms with Gasteiger partial charge in [-0.15, -0.1) is 0 Å². The summed E-state index contributed by atoms with van der Waals surface area (Å²) in [7, 11) is -1.13. The summed E-state index contributed by atoms with van der Waals surface area (Å²) in [5, 5.41) is 23.5. The van der Waals surface area contributed by atoms with Crippen LogP contribution in [0.2, 0.25) is 25.7 Å². The highest BCUT2D eigenvalue weighted by molar-refractivity contribution is 6.76. The number of nitro groups is 1. The number of rotatable bonds is 7. The molecular formula is C10H19N3O4Si. The third kappa shape index (κ3) is 4.55. The fraction of sp³-hybridized carbons (Fsp3) is 0.700. The Morgan fingerprint density at radius 1 is 1.56 bits per heavy atom. The molecule has 0 aliphatic carbocycles. The first-order valence-corrected chi connectivity index (χ1v) is 9.43. The van der Waals surface area contributed by atoms with Crippen LogP contribution in [-0.4, -0.2) is 34.5 Å². The molecule has 0 amide bonds. The summed E-state index contributed by atoms with van der Waals surface area (Å²) in [6.07, 6.45) is 1.28. The number of aromatic nitrogens is 2. The molecule has 0 atom stereocenters. The lowest BCUT2D eigenvalue weighted by atomic mass is 10.4. The van der Waals surface area contributed by atoms with Crippen LogP contribution in [0.5, 0.6) is 0 Å². The summed E-state index contributed by atoms with van der Waals surface area (Å²) < 4.78 is 6.76. The third-order valence-electron chi connectivity index (χ3n) is 2.38. The number of nitrogens with zero attached hydrogens (tertiary/aromatic N) is 3. The van der Waals surface area contributed by atoms with Crippen LogP contribution < -0.4 is 0 Å². The van der Waals surface area contributed by atoms with Crippen molar-refractivity contribution in [1.29, 1.82) is 0 Å². The van der Waals surface area contributed by atoms with Crippen LogP contribution in [0.4, 0.5) is 5.69 Å². The van der Waals surface area contributed by atoms with Crippen molar-refractivity contribution in [3.63, 3.8) is 0 Å². The Hall–Kier alpha value is -1.25. The normalized spacial score (nSPS) is 11.8. The molecule has 0 unspecified atom stereocenters. The van der Waals surface area contributed by atoms with E-state index < -0.39 is 19.6 Å². The maximum absolute atomic E-state index is 10.7. The summed E-state index contributed by atoms with van der Waals surface area (Å²) in [6.45, 7) is 7.10. The molecule has 0 aliphatic rings. The van der Waals surface area contributed by atoms with Crippen molar-refractivity contribution in [2.24, 2.45) is 0 Å². The van der Waals surface area contributed by atoms with Crippen LogP contribution >= 0.6 is 0 Å². The number of aliphatic hydroxyl groups excluding tert-OH is 1. The van der Waals surface area contributed by atoms with Gasteiger partial charge in [0.05, 0.1) is 11.5 Å². The Balaban J connectivity index is 2.51. The molecule has 102 valence electrons. The molecule has 0 aromatic carbocycles. The summed E-state index contributed by atoms with van der Waals surface area (Å²) in [5.41, 5.74) is -0.111. The average molecular weight is 273 g/mol. The predicted octanol–water partition coefficient (Wildman–Crippen LogP) is 1.60. The van der Waals surface area contributed by atoms with E-state index in [4.69, 9.17) is 9.84 Å². The summed E-state index contributed by atoms with van der Waals surface area (Å²) >= 11 is 0. The molecule has 0 aliphatic heterocycles. The fourth-order valence-electron chi connectivity index (χ4n) is 1.32. The first-order valence-electron chi connectivity index (χ1n) is 5.73. The SMILES string of the molecule is C[Si](C)(C)CCOCn1cc([N+](=O)[O-])c(CO)n1. The molecule has 1 N–H and O–H groups in total. The molecule has 18 heavy (non-hydrogen) atoms. The Kier molecular flexibility index (Phi) is 5.00. The standard InChI is InChI=1S/C10H19N3O4Si/c1-18(2,3)5-4-17-8-12-6-10(13(15)16)9(7-14)11-12/h6,14H,4-5,7-8H2,1-3H3. The van der Waals surface area contributed by atoms with E-state index in [-0.39, 0.29) is 18.1 Å². The second-order valence-electron chi connectivity index (χ2n) is 5.26. The number of aliphatic hydroxyl groups is 1. The highest BCUT2D eigenvalue weighted by atomic mass is 28.3. The molecule has 0 saturated carbocycles. The van der Waals surface area contributed by atoms with Gasteiger partial charge in [-0.05, 0) is 6.04 Å². The smallest absolute Gasteiger partial charge is 0.312 e. The van der Waals surface area contributed by atoms with E-state index >= 15 is 0 Å². The monoisotopic (exact) mass is 273 g/mol. The second kappa shape index (κ2) is 6.07. The Labute approximate surface area is 107 Å². The van der Waals surface area contributed by atoms with Crippen LogP contribution in [0.3, 0.4) is 0 Å². The Bertz CT molecular complexity index is 414. The zero-order valence-corrected chi connectivity index (χ0v) is 11.9. The van der Waals surface area contributed by atoms with Crippen LogP contribution in [0.25, 0.3) is 0 Å². The van der Waals surface area contributed by atoms with Crippen molar-refractivity contribution < 1.29 is 14.8 Å². The van der Waals surface area contributed by atoms with Gasteiger partial charge in [-0.1, -0.05) is 19.6 Å². The molecule has 1 rings (SSSR count). The average Bonchev–Trinajstić information content (AvgIpc) is 2.66. The van der Waals surface area contributed by atoms with E-state index in [0.29, 0.717) is 6.61 Å².